The number of hydrogen-bond acceptors (Lipinski definition) is 2. The first-order valence-electron chi connectivity index (χ1n) is 5.35. The Morgan fingerprint density at radius 3 is 2.18 bits per heavy atom. The van der Waals surface area contributed by atoms with Crippen LogP contribution < -0.4 is 0 Å². The molecule has 0 atom stereocenters. The van der Waals surface area contributed by atoms with Crippen molar-refractivity contribution >= 4 is 5.78 Å². The van der Waals surface area contributed by atoms with Crippen LogP contribution in [0.2, 0.25) is 0 Å². The smallest absolute Gasteiger partial charge is 0.196 e. The summed E-state index contributed by atoms with van der Waals surface area (Å²) in [6.45, 7) is 5.24. The van der Waals surface area contributed by atoms with Crippen LogP contribution in [0.1, 0.15) is 32.8 Å². The molecule has 1 aromatic heterocycles. The Kier molecular flexibility index (Phi) is 2.84. The zero-order valence-electron chi connectivity index (χ0n) is 10.0. The Balaban J connectivity index is 2.51. The van der Waals surface area contributed by atoms with E-state index in [-0.39, 0.29) is 11.6 Å². The van der Waals surface area contributed by atoms with Crippen molar-refractivity contribution in [3.63, 3.8) is 0 Å². The summed E-state index contributed by atoms with van der Waals surface area (Å²) in [5.41, 5.74) is 2.34. The predicted molar refractivity (Wildman–Crippen MR) is 62.8 cm³/mol. The predicted octanol–water partition coefficient (Wildman–Crippen LogP) is 3.57. The molecule has 2 rings (SSSR count). The minimum Gasteiger partial charge on any atom is -0.469 e. The van der Waals surface area contributed by atoms with Crippen LogP contribution in [0, 0.1) is 26.6 Å². The summed E-state index contributed by atoms with van der Waals surface area (Å²) in [7, 11) is 0. The number of hydrogen-bond donors (Lipinski definition) is 0. The SMILES string of the molecule is Cc1cc(C(=O)c2c(C)cc(F)cc2C)co1. The molecule has 0 saturated heterocycles. The first-order chi connectivity index (χ1) is 7.99. The minimum atomic E-state index is -0.320. The van der Waals surface area contributed by atoms with Gasteiger partial charge >= 0.3 is 0 Å². The Hall–Kier alpha value is -1.90. The van der Waals surface area contributed by atoms with Crippen molar-refractivity contribution in [1.82, 2.24) is 0 Å². The van der Waals surface area contributed by atoms with E-state index in [0.29, 0.717) is 28.0 Å². The fraction of sp³-hybridized carbons (Fsp3) is 0.214. The minimum absolute atomic E-state index is 0.128. The number of carbonyl (C=O) groups is 1. The van der Waals surface area contributed by atoms with Gasteiger partial charge < -0.3 is 4.42 Å². The first kappa shape index (κ1) is 11.6. The van der Waals surface area contributed by atoms with Crippen LogP contribution in [0.4, 0.5) is 4.39 Å². The summed E-state index contributed by atoms with van der Waals surface area (Å²) < 4.78 is 18.3. The number of halogens is 1. The van der Waals surface area contributed by atoms with Gasteiger partial charge in [-0.3, -0.25) is 4.79 Å². The molecule has 0 amide bonds. The standard InChI is InChI=1S/C14H13FO2/c1-8-4-12(15)5-9(2)13(8)14(16)11-6-10(3)17-7-11/h4-7H,1-3H3. The normalized spacial score (nSPS) is 10.6. The van der Waals surface area contributed by atoms with Gasteiger partial charge in [0.25, 0.3) is 0 Å². The molecule has 3 heteroatoms. The molecule has 0 fully saturated rings. The molecule has 0 radical (unpaired) electrons. The van der Waals surface area contributed by atoms with Crippen LogP contribution in [-0.4, -0.2) is 5.78 Å². The highest BCUT2D eigenvalue weighted by Gasteiger charge is 2.17. The molecule has 0 aliphatic carbocycles. The van der Waals surface area contributed by atoms with E-state index >= 15 is 0 Å². The largest absolute Gasteiger partial charge is 0.469 e. The van der Waals surface area contributed by atoms with Gasteiger partial charge in [-0.25, -0.2) is 4.39 Å². The fourth-order valence-corrected chi connectivity index (χ4v) is 1.98. The van der Waals surface area contributed by atoms with Crippen molar-refractivity contribution in [2.45, 2.75) is 20.8 Å². The van der Waals surface area contributed by atoms with Gasteiger partial charge in [-0.15, -0.1) is 0 Å². The van der Waals surface area contributed by atoms with Crippen LogP contribution in [0.15, 0.2) is 28.9 Å². The molecule has 88 valence electrons. The van der Waals surface area contributed by atoms with Gasteiger partial charge in [-0.2, -0.15) is 0 Å². The molecular formula is C14H13FO2. The molecule has 0 aliphatic rings. The van der Waals surface area contributed by atoms with Crippen molar-refractivity contribution in [3.8, 4) is 0 Å². The molecule has 1 aromatic carbocycles. The summed E-state index contributed by atoms with van der Waals surface area (Å²) in [4.78, 5) is 12.2. The Labute approximate surface area is 99.1 Å². The zero-order valence-corrected chi connectivity index (χ0v) is 10.0. The van der Waals surface area contributed by atoms with Crippen molar-refractivity contribution in [1.29, 1.82) is 0 Å². The van der Waals surface area contributed by atoms with Gasteiger partial charge in [0.2, 0.25) is 0 Å². The molecule has 2 aromatic rings. The maximum absolute atomic E-state index is 13.1. The van der Waals surface area contributed by atoms with Gasteiger partial charge in [-0.1, -0.05) is 0 Å². The lowest BCUT2D eigenvalue weighted by Gasteiger charge is -2.07. The number of ketones is 1. The van der Waals surface area contributed by atoms with Crippen molar-refractivity contribution in [2.75, 3.05) is 0 Å². The third-order valence-corrected chi connectivity index (χ3v) is 2.72. The first-order valence-corrected chi connectivity index (χ1v) is 5.35. The average molecular weight is 232 g/mol. The molecule has 0 unspecified atom stereocenters. The topological polar surface area (TPSA) is 30.2 Å². The van der Waals surface area contributed by atoms with Crippen LogP contribution in [0.5, 0.6) is 0 Å². The summed E-state index contributed by atoms with van der Waals surface area (Å²) in [5.74, 6) is 0.238. The highest BCUT2D eigenvalue weighted by atomic mass is 19.1. The maximum atomic E-state index is 13.1. The summed E-state index contributed by atoms with van der Waals surface area (Å²) in [5, 5.41) is 0. The molecule has 0 bridgehead atoms. The third-order valence-electron chi connectivity index (χ3n) is 2.72. The number of benzene rings is 1. The average Bonchev–Trinajstić information content (AvgIpc) is 2.63. The molecule has 0 N–H and O–H groups in total. The lowest BCUT2D eigenvalue weighted by molar-refractivity contribution is 0.103. The van der Waals surface area contributed by atoms with Gasteiger partial charge in [0.05, 0.1) is 5.56 Å². The Morgan fingerprint density at radius 2 is 1.71 bits per heavy atom. The lowest BCUT2D eigenvalue weighted by atomic mass is 9.96. The third kappa shape index (κ3) is 2.13. The Morgan fingerprint density at radius 1 is 1.12 bits per heavy atom. The van der Waals surface area contributed by atoms with Crippen molar-refractivity contribution in [2.24, 2.45) is 0 Å². The Bertz CT molecular complexity index is 559. The molecule has 17 heavy (non-hydrogen) atoms. The van der Waals surface area contributed by atoms with Crippen LogP contribution in [-0.2, 0) is 0 Å². The fourth-order valence-electron chi connectivity index (χ4n) is 1.98. The summed E-state index contributed by atoms with van der Waals surface area (Å²) in [6, 6.07) is 4.42. The van der Waals surface area contributed by atoms with Crippen LogP contribution in [0.25, 0.3) is 0 Å². The van der Waals surface area contributed by atoms with Gasteiger partial charge in [0.15, 0.2) is 5.78 Å². The van der Waals surface area contributed by atoms with E-state index in [1.165, 1.54) is 18.4 Å². The summed E-state index contributed by atoms with van der Waals surface area (Å²) in [6.07, 6.45) is 1.43. The number of carbonyl (C=O) groups excluding carboxylic acids is 1. The number of aryl methyl sites for hydroxylation is 3. The highest BCUT2D eigenvalue weighted by molar-refractivity contribution is 6.10. The van der Waals surface area contributed by atoms with E-state index < -0.39 is 0 Å². The molecule has 0 aliphatic heterocycles. The van der Waals surface area contributed by atoms with Gasteiger partial charge in [0.1, 0.15) is 17.8 Å². The highest BCUT2D eigenvalue weighted by Crippen LogP contribution is 2.20. The molecule has 0 saturated carbocycles. The molecule has 0 spiro atoms. The van der Waals surface area contributed by atoms with Crippen molar-refractivity contribution < 1.29 is 13.6 Å². The second-order valence-electron chi connectivity index (χ2n) is 4.19. The van der Waals surface area contributed by atoms with E-state index in [1.807, 2.05) is 0 Å². The zero-order chi connectivity index (χ0) is 12.6. The van der Waals surface area contributed by atoms with E-state index in [4.69, 9.17) is 4.42 Å². The van der Waals surface area contributed by atoms with E-state index in [0.717, 1.165) is 0 Å². The molecule has 1 heterocycles. The second kappa shape index (κ2) is 4.17. The monoisotopic (exact) mass is 232 g/mol. The summed E-state index contributed by atoms with van der Waals surface area (Å²) >= 11 is 0. The van der Waals surface area contributed by atoms with E-state index in [9.17, 15) is 9.18 Å². The molecule has 2 nitrogen and oxygen atoms in total. The van der Waals surface area contributed by atoms with Gasteiger partial charge in [-0.05, 0) is 50.1 Å². The quantitative estimate of drug-likeness (QED) is 0.741. The van der Waals surface area contributed by atoms with Crippen LogP contribution in [0.3, 0.4) is 0 Å². The van der Waals surface area contributed by atoms with E-state index in [2.05, 4.69) is 0 Å². The lowest BCUT2D eigenvalue weighted by Crippen LogP contribution is -2.05. The van der Waals surface area contributed by atoms with Crippen molar-refractivity contribution in [3.05, 3.63) is 58.3 Å². The van der Waals surface area contributed by atoms with E-state index in [1.54, 1.807) is 26.8 Å². The van der Waals surface area contributed by atoms with Crippen LogP contribution >= 0.6 is 0 Å². The maximum Gasteiger partial charge on any atom is 0.196 e. The number of furan rings is 1. The number of rotatable bonds is 2. The van der Waals surface area contributed by atoms with Gasteiger partial charge in [0, 0.05) is 5.56 Å². The molecular weight excluding hydrogens is 219 g/mol. The second-order valence-corrected chi connectivity index (χ2v) is 4.19.